The van der Waals surface area contributed by atoms with Crippen LogP contribution in [-0.2, 0) is 4.79 Å². The average molecular weight is 215 g/mol. The minimum atomic E-state index is -1.22. The highest BCUT2D eigenvalue weighted by molar-refractivity contribution is 5.75. The normalized spacial score (nSPS) is 12.9. The molecule has 0 saturated carbocycles. The van der Waals surface area contributed by atoms with Crippen molar-refractivity contribution in [3.63, 3.8) is 0 Å². The van der Waals surface area contributed by atoms with Gasteiger partial charge in [-0.1, -0.05) is 0 Å². The summed E-state index contributed by atoms with van der Waals surface area (Å²) >= 11 is 0. The summed E-state index contributed by atoms with van der Waals surface area (Å²) in [7, 11) is 2.98. The fourth-order valence-corrected chi connectivity index (χ4v) is 1.36. The second-order valence-electron chi connectivity index (χ2n) is 3.37. The highest BCUT2D eigenvalue weighted by Crippen LogP contribution is 2.22. The predicted molar refractivity (Wildman–Crippen MR) is 50.4 cm³/mol. The summed E-state index contributed by atoms with van der Waals surface area (Å²) in [6.45, 7) is 0. The average Bonchev–Trinajstić information content (AvgIpc) is 2.10. The lowest BCUT2D eigenvalue weighted by Gasteiger charge is -2.20. The number of nitrogens with zero attached hydrogens (tertiary/aromatic N) is 1. The standard InChI is InChI=1S/C10H11F2NO2/c1-13(2)9(10(14)15)7-5-6(11)3-4-8(7)12/h3-5,9H,1-2H3,(H,14,15). The van der Waals surface area contributed by atoms with E-state index in [1.54, 1.807) is 0 Å². The molecule has 0 saturated heterocycles. The second kappa shape index (κ2) is 4.35. The summed E-state index contributed by atoms with van der Waals surface area (Å²) in [6, 6.07) is 1.59. The SMILES string of the molecule is CN(C)C(C(=O)O)c1cc(F)ccc1F. The number of hydrogen-bond donors (Lipinski definition) is 1. The summed E-state index contributed by atoms with van der Waals surface area (Å²) in [5.41, 5.74) is -0.174. The van der Waals surface area contributed by atoms with Crippen molar-refractivity contribution in [3.8, 4) is 0 Å². The number of halogens is 2. The fraction of sp³-hybridized carbons (Fsp3) is 0.300. The molecule has 15 heavy (non-hydrogen) atoms. The van der Waals surface area contributed by atoms with Crippen LogP contribution in [-0.4, -0.2) is 30.1 Å². The first-order chi connectivity index (χ1) is 6.93. The molecule has 0 aliphatic carbocycles. The fourth-order valence-electron chi connectivity index (χ4n) is 1.36. The first-order valence-electron chi connectivity index (χ1n) is 4.27. The monoisotopic (exact) mass is 215 g/mol. The highest BCUT2D eigenvalue weighted by Gasteiger charge is 2.25. The molecule has 1 atom stereocenters. The van der Waals surface area contributed by atoms with E-state index < -0.39 is 23.6 Å². The van der Waals surface area contributed by atoms with Crippen molar-refractivity contribution in [2.75, 3.05) is 14.1 Å². The Morgan fingerprint density at radius 1 is 1.40 bits per heavy atom. The molecule has 82 valence electrons. The molecule has 1 aromatic rings. The lowest BCUT2D eigenvalue weighted by Crippen LogP contribution is -2.28. The minimum Gasteiger partial charge on any atom is -0.480 e. The van der Waals surface area contributed by atoms with Crippen molar-refractivity contribution in [3.05, 3.63) is 35.4 Å². The summed E-state index contributed by atoms with van der Waals surface area (Å²) in [5.74, 6) is -2.60. The van der Waals surface area contributed by atoms with Crippen LogP contribution in [0.3, 0.4) is 0 Å². The molecule has 0 radical (unpaired) electrons. The molecule has 0 spiro atoms. The quantitative estimate of drug-likeness (QED) is 0.833. The topological polar surface area (TPSA) is 40.5 Å². The van der Waals surface area contributed by atoms with Crippen LogP contribution in [0.25, 0.3) is 0 Å². The van der Waals surface area contributed by atoms with Gasteiger partial charge in [0.25, 0.3) is 0 Å². The molecule has 0 aliphatic heterocycles. The van der Waals surface area contributed by atoms with Crippen LogP contribution >= 0.6 is 0 Å². The van der Waals surface area contributed by atoms with Crippen LogP contribution in [0.4, 0.5) is 8.78 Å². The third kappa shape index (κ3) is 2.50. The van der Waals surface area contributed by atoms with Crippen LogP contribution in [0.1, 0.15) is 11.6 Å². The van der Waals surface area contributed by atoms with Gasteiger partial charge in [-0.25, -0.2) is 8.78 Å². The Morgan fingerprint density at radius 2 is 2.00 bits per heavy atom. The molecule has 3 nitrogen and oxygen atoms in total. The molecule has 1 aromatic carbocycles. The number of carbonyl (C=O) groups is 1. The summed E-state index contributed by atoms with van der Waals surface area (Å²) < 4.78 is 26.1. The molecular weight excluding hydrogens is 204 g/mol. The molecule has 0 bridgehead atoms. The first kappa shape index (κ1) is 11.6. The van der Waals surface area contributed by atoms with Crippen molar-refractivity contribution in [2.45, 2.75) is 6.04 Å². The Hall–Kier alpha value is -1.49. The maximum Gasteiger partial charge on any atom is 0.325 e. The van der Waals surface area contributed by atoms with Crippen molar-refractivity contribution >= 4 is 5.97 Å². The summed E-state index contributed by atoms with van der Waals surface area (Å²) in [4.78, 5) is 12.2. The van der Waals surface area contributed by atoms with Gasteiger partial charge in [-0.3, -0.25) is 9.69 Å². The molecule has 0 aliphatic rings. The number of likely N-dealkylation sites (N-methyl/N-ethyl adjacent to an activating group) is 1. The van der Waals surface area contributed by atoms with Crippen LogP contribution in [0.5, 0.6) is 0 Å². The van der Waals surface area contributed by atoms with Gasteiger partial charge in [-0.05, 0) is 32.3 Å². The van der Waals surface area contributed by atoms with Crippen molar-refractivity contribution in [1.29, 1.82) is 0 Å². The van der Waals surface area contributed by atoms with Gasteiger partial charge in [-0.2, -0.15) is 0 Å². The van der Waals surface area contributed by atoms with E-state index in [2.05, 4.69) is 0 Å². The first-order valence-corrected chi connectivity index (χ1v) is 4.27. The van der Waals surface area contributed by atoms with Crippen molar-refractivity contribution in [2.24, 2.45) is 0 Å². The number of rotatable bonds is 3. The molecule has 0 amide bonds. The van der Waals surface area contributed by atoms with Crippen molar-refractivity contribution < 1.29 is 18.7 Å². The van der Waals surface area contributed by atoms with Gasteiger partial charge in [0.05, 0.1) is 0 Å². The Kier molecular flexibility index (Phi) is 3.36. The Labute approximate surface area is 85.9 Å². The van der Waals surface area contributed by atoms with Crippen LogP contribution in [0, 0.1) is 11.6 Å². The largest absolute Gasteiger partial charge is 0.480 e. The van der Waals surface area contributed by atoms with E-state index >= 15 is 0 Å². The van der Waals surface area contributed by atoms with E-state index in [0.29, 0.717) is 0 Å². The van der Waals surface area contributed by atoms with Crippen molar-refractivity contribution in [1.82, 2.24) is 4.90 Å². The van der Waals surface area contributed by atoms with Gasteiger partial charge in [0.1, 0.15) is 17.7 Å². The van der Waals surface area contributed by atoms with E-state index in [1.807, 2.05) is 0 Å². The molecule has 1 N–H and O–H groups in total. The number of carboxylic acids is 1. The molecule has 1 rings (SSSR count). The smallest absolute Gasteiger partial charge is 0.325 e. The number of aliphatic carboxylic acids is 1. The molecule has 0 fully saturated rings. The third-order valence-electron chi connectivity index (χ3n) is 2.00. The maximum atomic E-state index is 13.3. The van der Waals surface area contributed by atoms with Gasteiger partial charge < -0.3 is 5.11 Å². The predicted octanol–water partition coefficient (Wildman–Crippen LogP) is 1.65. The van der Waals surface area contributed by atoms with Crippen LogP contribution in [0.2, 0.25) is 0 Å². The van der Waals surface area contributed by atoms with Gasteiger partial charge in [-0.15, -0.1) is 0 Å². The van der Waals surface area contributed by atoms with Crippen LogP contribution in [0.15, 0.2) is 18.2 Å². The van der Waals surface area contributed by atoms with E-state index in [0.717, 1.165) is 18.2 Å². The molecule has 0 heterocycles. The van der Waals surface area contributed by atoms with E-state index in [1.165, 1.54) is 19.0 Å². The maximum absolute atomic E-state index is 13.3. The zero-order valence-corrected chi connectivity index (χ0v) is 8.37. The summed E-state index contributed by atoms with van der Waals surface area (Å²) in [6.07, 6.45) is 0. The van der Waals surface area contributed by atoms with Gasteiger partial charge in [0.15, 0.2) is 0 Å². The molecule has 1 unspecified atom stereocenters. The Bertz CT molecular complexity index is 380. The lowest BCUT2D eigenvalue weighted by molar-refractivity contribution is -0.142. The summed E-state index contributed by atoms with van der Waals surface area (Å²) in [5, 5.41) is 8.88. The Morgan fingerprint density at radius 3 is 2.47 bits per heavy atom. The van der Waals surface area contributed by atoms with Gasteiger partial charge in [0.2, 0.25) is 0 Å². The lowest BCUT2D eigenvalue weighted by atomic mass is 10.1. The van der Waals surface area contributed by atoms with E-state index in [-0.39, 0.29) is 5.56 Å². The molecule has 0 aromatic heterocycles. The minimum absolute atomic E-state index is 0.174. The number of carboxylic acid groups (broad SMARTS) is 1. The number of hydrogen-bond acceptors (Lipinski definition) is 2. The van der Waals surface area contributed by atoms with Crippen LogP contribution < -0.4 is 0 Å². The highest BCUT2D eigenvalue weighted by atomic mass is 19.1. The zero-order valence-electron chi connectivity index (χ0n) is 8.37. The molecule has 5 heteroatoms. The number of benzene rings is 1. The van der Waals surface area contributed by atoms with Gasteiger partial charge >= 0.3 is 5.97 Å². The van der Waals surface area contributed by atoms with E-state index in [4.69, 9.17) is 5.11 Å². The second-order valence-corrected chi connectivity index (χ2v) is 3.37. The van der Waals surface area contributed by atoms with E-state index in [9.17, 15) is 13.6 Å². The van der Waals surface area contributed by atoms with Gasteiger partial charge in [0, 0.05) is 5.56 Å². The Balaban J connectivity index is 3.22. The molecular formula is C10H11F2NO2. The zero-order chi connectivity index (χ0) is 11.6. The third-order valence-corrected chi connectivity index (χ3v) is 2.00.